The first-order valence-corrected chi connectivity index (χ1v) is 9.47. The van der Waals surface area contributed by atoms with Gasteiger partial charge in [-0.15, -0.1) is 0 Å². The number of hydrogen-bond donors (Lipinski definition) is 1. The number of benzene rings is 2. The maximum absolute atomic E-state index is 12.1. The van der Waals surface area contributed by atoms with E-state index in [1.165, 1.54) is 24.0 Å². The van der Waals surface area contributed by atoms with Crippen LogP contribution in [0.5, 0.6) is 5.75 Å². The zero-order chi connectivity index (χ0) is 18.2. The number of fused-ring (bicyclic) bond motifs is 1. The van der Waals surface area contributed by atoms with Crippen LogP contribution in [0, 0.1) is 0 Å². The van der Waals surface area contributed by atoms with E-state index in [1.54, 1.807) is 19.2 Å². The maximum Gasteiger partial charge on any atom is 0.251 e. The van der Waals surface area contributed by atoms with Crippen molar-refractivity contribution in [3.63, 3.8) is 0 Å². The molecule has 0 saturated heterocycles. The molecule has 2 aromatic carbocycles. The monoisotopic (exact) mass is 352 g/mol. The number of unbranched alkanes of at least 4 members (excludes halogenated alkanes) is 3. The van der Waals surface area contributed by atoms with Crippen molar-refractivity contribution in [3.05, 3.63) is 65.2 Å². The van der Waals surface area contributed by atoms with E-state index >= 15 is 0 Å². The lowest BCUT2D eigenvalue weighted by atomic mass is 10.1. The summed E-state index contributed by atoms with van der Waals surface area (Å²) in [5.41, 5.74) is 3.64. The van der Waals surface area contributed by atoms with Crippen molar-refractivity contribution in [2.24, 2.45) is 0 Å². The highest BCUT2D eigenvalue weighted by atomic mass is 16.5. The molecule has 0 radical (unpaired) electrons. The second-order valence-electron chi connectivity index (χ2n) is 6.88. The fraction of sp³-hybridized carbons (Fsp3) is 0.409. The lowest BCUT2D eigenvalue weighted by molar-refractivity contribution is 0.0953. The van der Waals surface area contributed by atoms with Crippen molar-refractivity contribution in [2.45, 2.75) is 38.8 Å². The van der Waals surface area contributed by atoms with Crippen LogP contribution in [-0.4, -0.2) is 31.0 Å². The number of ether oxygens (including phenoxy) is 1. The summed E-state index contributed by atoms with van der Waals surface area (Å²) in [4.78, 5) is 14.6. The largest absolute Gasteiger partial charge is 0.497 e. The smallest absolute Gasteiger partial charge is 0.251 e. The van der Waals surface area contributed by atoms with Crippen LogP contribution in [0.4, 0.5) is 0 Å². The topological polar surface area (TPSA) is 41.6 Å². The Balaban J connectivity index is 1.24. The summed E-state index contributed by atoms with van der Waals surface area (Å²) in [5.74, 6) is 0.755. The first-order valence-electron chi connectivity index (χ1n) is 9.47. The molecule has 1 heterocycles. The molecule has 0 atom stereocenters. The summed E-state index contributed by atoms with van der Waals surface area (Å²) in [6.07, 6.45) is 4.62. The number of methoxy groups -OCH3 is 1. The van der Waals surface area contributed by atoms with Crippen LogP contribution in [0.25, 0.3) is 0 Å². The van der Waals surface area contributed by atoms with Crippen LogP contribution >= 0.6 is 0 Å². The van der Waals surface area contributed by atoms with Crippen LogP contribution in [0.15, 0.2) is 48.5 Å². The Labute approximate surface area is 156 Å². The van der Waals surface area contributed by atoms with Gasteiger partial charge in [-0.05, 0) is 54.8 Å². The van der Waals surface area contributed by atoms with E-state index in [0.717, 1.165) is 44.8 Å². The minimum atomic E-state index is -0.0116. The standard InChI is InChI=1S/C22H28N2O2/c1-26-21-12-10-18(11-13-21)22(25)23-14-6-2-3-7-15-24-16-19-8-4-5-9-20(19)17-24/h4-5,8-13H,2-3,6-7,14-17H2,1H3,(H,23,25). The van der Waals surface area contributed by atoms with Gasteiger partial charge in [-0.2, -0.15) is 0 Å². The summed E-state index contributed by atoms with van der Waals surface area (Å²) in [7, 11) is 1.62. The number of nitrogens with zero attached hydrogens (tertiary/aromatic N) is 1. The Morgan fingerprint density at radius 1 is 0.962 bits per heavy atom. The normalized spacial score (nSPS) is 13.4. The molecular formula is C22H28N2O2. The van der Waals surface area contributed by atoms with Gasteiger partial charge in [0.25, 0.3) is 5.91 Å². The minimum Gasteiger partial charge on any atom is -0.497 e. The van der Waals surface area contributed by atoms with E-state index in [9.17, 15) is 4.79 Å². The number of carbonyl (C=O) groups is 1. The van der Waals surface area contributed by atoms with Crippen molar-refractivity contribution < 1.29 is 9.53 Å². The maximum atomic E-state index is 12.1. The quantitative estimate of drug-likeness (QED) is 0.694. The van der Waals surface area contributed by atoms with Gasteiger partial charge in [0.15, 0.2) is 0 Å². The van der Waals surface area contributed by atoms with Crippen molar-refractivity contribution >= 4 is 5.91 Å². The predicted molar refractivity (Wildman–Crippen MR) is 104 cm³/mol. The summed E-state index contributed by atoms with van der Waals surface area (Å²) >= 11 is 0. The van der Waals surface area contributed by atoms with E-state index in [1.807, 2.05) is 12.1 Å². The number of nitrogens with one attached hydrogen (secondary N) is 1. The van der Waals surface area contributed by atoms with Crippen LogP contribution < -0.4 is 10.1 Å². The van der Waals surface area contributed by atoms with Gasteiger partial charge < -0.3 is 10.1 Å². The molecule has 1 amide bonds. The number of rotatable bonds is 9. The molecule has 0 spiro atoms. The molecule has 4 heteroatoms. The Bertz CT molecular complexity index is 687. The van der Waals surface area contributed by atoms with Gasteiger partial charge in [0.1, 0.15) is 5.75 Å². The zero-order valence-electron chi connectivity index (χ0n) is 15.5. The van der Waals surface area contributed by atoms with E-state index in [0.29, 0.717) is 5.56 Å². The van der Waals surface area contributed by atoms with Crippen LogP contribution in [0.2, 0.25) is 0 Å². The van der Waals surface area contributed by atoms with Gasteiger partial charge in [0.05, 0.1) is 7.11 Å². The van der Waals surface area contributed by atoms with Gasteiger partial charge in [-0.3, -0.25) is 9.69 Å². The minimum absolute atomic E-state index is 0.0116. The average Bonchev–Trinajstić information content (AvgIpc) is 3.10. The molecular weight excluding hydrogens is 324 g/mol. The third-order valence-corrected chi connectivity index (χ3v) is 4.95. The van der Waals surface area contributed by atoms with Gasteiger partial charge in [-0.1, -0.05) is 37.1 Å². The average molecular weight is 352 g/mol. The molecule has 0 unspecified atom stereocenters. The van der Waals surface area contributed by atoms with E-state index in [2.05, 4.69) is 34.5 Å². The Hall–Kier alpha value is -2.33. The first kappa shape index (κ1) is 18.5. The van der Waals surface area contributed by atoms with Gasteiger partial charge in [0.2, 0.25) is 0 Å². The number of carbonyl (C=O) groups excluding carboxylic acids is 1. The van der Waals surface area contributed by atoms with E-state index in [4.69, 9.17) is 4.74 Å². The molecule has 0 saturated carbocycles. The Kier molecular flexibility index (Phi) is 6.67. The zero-order valence-corrected chi connectivity index (χ0v) is 15.5. The summed E-state index contributed by atoms with van der Waals surface area (Å²) in [5, 5.41) is 2.99. The lowest BCUT2D eigenvalue weighted by Gasteiger charge is -2.14. The van der Waals surface area contributed by atoms with Gasteiger partial charge >= 0.3 is 0 Å². The van der Waals surface area contributed by atoms with Crippen molar-refractivity contribution in [2.75, 3.05) is 20.2 Å². The van der Waals surface area contributed by atoms with Crippen molar-refractivity contribution in [1.29, 1.82) is 0 Å². The SMILES string of the molecule is COc1ccc(C(=O)NCCCCCCN2Cc3ccccc3C2)cc1. The molecule has 138 valence electrons. The highest BCUT2D eigenvalue weighted by Crippen LogP contribution is 2.22. The third kappa shape index (κ3) is 5.09. The fourth-order valence-electron chi connectivity index (χ4n) is 3.42. The second-order valence-corrected chi connectivity index (χ2v) is 6.88. The summed E-state index contributed by atoms with van der Waals surface area (Å²) < 4.78 is 5.10. The number of amides is 1. The molecule has 0 aliphatic carbocycles. The van der Waals surface area contributed by atoms with Gasteiger partial charge in [0, 0.05) is 25.2 Å². The van der Waals surface area contributed by atoms with Gasteiger partial charge in [-0.25, -0.2) is 0 Å². The number of hydrogen-bond acceptors (Lipinski definition) is 3. The predicted octanol–water partition coefficient (Wildman–Crippen LogP) is 4.00. The molecule has 2 aromatic rings. The molecule has 26 heavy (non-hydrogen) atoms. The molecule has 0 fully saturated rings. The molecule has 1 aliphatic rings. The highest BCUT2D eigenvalue weighted by molar-refractivity contribution is 5.94. The molecule has 3 rings (SSSR count). The Morgan fingerprint density at radius 3 is 2.27 bits per heavy atom. The first-order chi connectivity index (χ1) is 12.8. The summed E-state index contributed by atoms with van der Waals surface area (Å²) in [6.45, 7) is 4.08. The van der Waals surface area contributed by atoms with E-state index < -0.39 is 0 Å². The van der Waals surface area contributed by atoms with Crippen LogP contribution in [0.3, 0.4) is 0 Å². The van der Waals surface area contributed by atoms with E-state index in [-0.39, 0.29) is 5.91 Å². The molecule has 0 bridgehead atoms. The van der Waals surface area contributed by atoms with Crippen molar-refractivity contribution in [3.8, 4) is 5.75 Å². The lowest BCUT2D eigenvalue weighted by Crippen LogP contribution is -2.24. The molecule has 1 N–H and O–H groups in total. The summed E-state index contributed by atoms with van der Waals surface area (Å²) in [6, 6.07) is 15.9. The third-order valence-electron chi connectivity index (χ3n) is 4.95. The fourth-order valence-corrected chi connectivity index (χ4v) is 3.42. The van der Waals surface area contributed by atoms with Crippen molar-refractivity contribution in [1.82, 2.24) is 10.2 Å². The van der Waals surface area contributed by atoms with Crippen LogP contribution in [0.1, 0.15) is 47.2 Å². The second kappa shape index (κ2) is 9.39. The molecule has 1 aliphatic heterocycles. The Morgan fingerprint density at radius 2 is 1.62 bits per heavy atom. The highest BCUT2D eigenvalue weighted by Gasteiger charge is 2.17. The van der Waals surface area contributed by atoms with Crippen LogP contribution in [-0.2, 0) is 13.1 Å². The molecule has 4 nitrogen and oxygen atoms in total. The molecule has 0 aromatic heterocycles.